The van der Waals surface area contributed by atoms with Gasteiger partial charge in [0.1, 0.15) is 0 Å². The van der Waals surface area contributed by atoms with Gasteiger partial charge in [-0.1, -0.05) is 36.4 Å². The quantitative estimate of drug-likeness (QED) is 0.580. The summed E-state index contributed by atoms with van der Waals surface area (Å²) < 4.78 is 34.3. The Morgan fingerprint density at radius 2 is 1.67 bits per heavy atom. The van der Waals surface area contributed by atoms with Crippen molar-refractivity contribution in [1.29, 1.82) is 0 Å². The average Bonchev–Trinajstić information content (AvgIpc) is 2.86. The molecule has 4 rings (SSSR count). The Hall–Kier alpha value is -2.45. The molecule has 3 aromatic rings. The van der Waals surface area contributed by atoms with Crippen LogP contribution in [0, 0.1) is 0 Å². The molecule has 0 saturated heterocycles. The number of carboxylic acids is 1. The maximum absolute atomic E-state index is 10.6. The third kappa shape index (κ3) is 5.58. The molecule has 8 heteroatoms. The van der Waals surface area contributed by atoms with Gasteiger partial charge in [-0.2, -0.15) is 13.2 Å². The fourth-order valence-corrected chi connectivity index (χ4v) is 4.42. The van der Waals surface area contributed by atoms with Crippen LogP contribution in [0.5, 0.6) is 0 Å². The van der Waals surface area contributed by atoms with Crippen molar-refractivity contribution in [2.75, 3.05) is 18.8 Å². The Bertz CT molecular complexity index is 987. The lowest BCUT2D eigenvalue weighted by Crippen LogP contribution is -2.21. The predicted octanol–water partition coefficient (Wildman–Crippen LogP) is 4.76. The minimum absolute atomic E-state index is 1.08. The zero-order chi connectivity index (χ0) is 21.6. The molecule has 0 radical (unpaired) electrons. The van der Waals surface area contributed by atoms with Crippen molar-refractivity contribution in [2.24, 2.45) is 0 Å². The lowest BCUT2D eigenvalue weighted by molar-refractivity contribution is -0.192. The number of hydrogen-bond acceptors (Lipinski definition) is 3. The lowest BCUT2D eigenvalue weighted by Gasteiger charge is -2.11. The van der Waals surface area contributed by atoms with Crippen LogP contribution in [0.4, 0.5) is 13.2 Å². The van der Waals surface area contributed by atoms with E-state index < -0.39 is 12.1 Å². The van der Waals surface area contributed by atoms with Gasteiger partial charge in [0, 0.05) is 46.8 Å². The van der Waals surface area contributed by atoms with E-state index in [1.165, 1.54) is 15.8 Å². The number of halogens is 3. The number of aromatic nitrogens is 1. The van der Waals surface area contributed by atoms with Gasteiger partial charge in [0.25, 0.3) is 0 Å². The van der Waals surface area contributed by atoms with Crippen LogP contribution >= 0.6 is 11.8 Å². The van der Waals surface area contributed by atoms with E-state index in [1.54, 1.807) is 11.3 Å². The summed E-state index contributed by atoms with van der Waals surface area (Å²) in [5.74, 6) is -1.64. The zero-order valence-electron chi connectivity index (χ0n) is 16.3. The molecule has 0 aliphatic carbocycles. The number of rotatable bonds is 4. The minimum Gasteiger partial charge on any atom is -0.475 e. The first kappa shape index (κ1) is 22.2. The van der Waals surface area contributed by atoms with Gasteiger partial charge in [0.2, 0.25) is 0 Å². The smallest absolute Gasteiger partial charge is 0.475 e. The molecule has 0 bridgehead atoms. The molecule has 4 nitrogen and oxygen atoms in total. The second-order valence-corrected chi connectivity index (χ2v) is 7.98. The van der Waals surface area contributed by atoms with Crippen LogP contribution in [0.15, 0.2) is 59.5 Å². The summed E-state index contributed by atoms with van der Waals surface area (Å²) in [4.78, 5) is 10.3. The first-order valence-corrected chi connectivity index (χ1v) is 10.6. The van der Waals surface area contributed by atoms with Crippen LogP contribution in [0.25, 0.3) is 10.9 Å². The number of thioether (sulfide) groups is 1. The Morgan fingerprint density at radius 3 is 2.37 bits per heavy atom. The highest BCUT2D eigenvalue weighted by Crippen LogP contribution is 2.29. The second kappa shape index (κ2) is 10.0. The molecule has 0 atom stereocenters. The highest BCUT2D eigenvalue weighted by atomic mass is 32.2. The fourth-order valence-electron chi connectivity index (χ4n) is 3.56. The summed E-state index contributed by atoms with van der Waals surface area (Å²) in [5, 5.41) is 12.1. The maximum Gasteiger partial charge on any atom is 0.490 e. The van der Waals surface area contributed by atoms with Crippen LogP contribution in [-0.4, -0.2) is 40.7 Å². The molecular weight excluding hydrogens is 413 g/mol. The van der Waals surface area contributed by atoms with Crippen molar-refractivity contribution in [3.05, 3.63) is 65.9 Å². The fraction of sp³-hybridized carbons (Fsp3) is 0.318. The molecular formula is C22H23F3N2O2S. The summed E-state index contributed by atoms with van der Waals surface area (Å²) >= 11 is 1.95. The number of alkyl halides is 3. The van der Waals surface area contributed by atoms with Crippen LogP contribution in [0.2, 0.25) is 0 Å². The molecule has 1 aromatic heterocycles. The molecule has 0 spiro atoms. The van der Waals surface area contributed by atoms with E-state index in [0.29, 0.717) is 0 Å². The summed E-state index contributed by atoms with van der Waals surface area (Å²) in [6, 6.07) is 19.6. The van der Waals surface area contributed by atoms with Crippen molar-refractivity contribution in [2.45, 2.75) is 30.5 Å². The summed E-state index contributed by atoms with van der Waals surface area (Å²) in [6.07, 6.45) is -2.80. The van der Waals surface area contributed by atoms with Crippen molar-refractivity contribution >= 4 is 28.6 Å². The predicted molar refractivity (Wildman–Crippen MR) is 113 cm³/mol. The number of aliphatic carboxylic acids is 1. The van der Waals surface area contributed by atoms with E-state index >= 15 is 0 Å². The molecule has 0 fully saturated rings. The van der Waals surface area contributed by atoms with Crippen molar-refractivity contribution in [3.63, 3.8) is 0 Å². The molecule has 0 amide bonds. The van der Waals surface area contributed by atoms with Gasteiger partial charge >= 0.3 is 12.1 Å². The molecule has 2 N–H and O–H groups in total. The van der Waals surface area contributed by atoms with E-state index in [0.717, 1.165) is 38.2 Å². The van der Waals surface area contributed by atoms with Crippen LogP contribution in [-0.2, 0) is 24.2 Å². The van der Waals surface area contributed by atoms with Gasteiger partial charge in [0.15, 0.2) is 0 Å². The Balaban J connectivity index is 0.000000318. The highest BCUT2D eigenvalue weighted by Gasteiger charge is 2.38. The van der Waals surface area contributed by atoms with E-state index in [1.807, 2.05) is 11.8 Å². The summed E-state index contributed by atoms with van der Waals surface area (Å²) in [5.41, 5.74) is 4.52. The second-order valence-electron chi connectivity index (χ2n) is 6.81. The Labute approximate surface area is 177 Å². The number of aryl methyl sites for hydroxylation is 1. The molecule has 0 unspecified atom stereocenters. The number of benzene rings is 2. The Kier molecular flexibility index (Phi) is 7.44. The molecule has 1 aliphatic heterocycles. The van der Waals surface area contributed by atoms with Gasteiger partial charge in [-0.25, -0.2) is 4.79 Å². The third-order valence-electron chi connectivity index (χ3n) is 4.85. The normalized spacial score (nSPS) is 13.8. The Morgan fingerprint density at radius 1 is 1.03 bits per heavy atom. The van der Waals surface area contributed by atoms with E-state index in [9.17, 15) is 13.2 Å². The average molecular weight is 436 g/mol. The van der Waals surface area contributed by atoms with Gasteiger partial charge in [-0.05, 0) is 36.7 Å². The zero-order valence-corrected chi connectivity index (χ0v) is 17.1. The van der Waals surface area contributed by atoms with Gasteiger partial charge in [-0.15, -0.1) is 11.8 Å². The van der Waals surface area contributed by atoms with Crippen LogP contribution in [0.3, 0.4) is 0 Å². The van der Waals surface area contributed by atoms with E-state index in [-0.39, 0.29) is 0 Å². The van der Waals surface area contributed by atoms with Crippen LogP contribution < -0.4 is 5.32 Å². The topological polar surface area (TPSA) is 54.3 Å². The number of hydrogen-bond donors (Lipinski definition) is 2. The number of nitrogens with one attached hydrogen (secondary N) is 1. The molecule has 160 valence electrons. The first-order valence-electron chi connectivity index (χ1n) is 9.65. The van der Waals surface area contributed by atoms with Crippen molar-refractivity contribution < 1.29 is 23.1 Å². The summed E-state index contributed by atoms with van der Waals surface area (Å²) in [7, 11) is 0. The van der Waals surface area contributed by atoms with Gasteiger partial charge < -0.3 is 15.0 Å². The van der Waals surface area contributed by atoms with E-state index in [2.05, 4.69) is 64.5 Å². The van der Waals surface area contributed by atoms with Crippen molar-refractivity contribution in [3.8, 4) is 0 Å². The minimum atomic E-state index is -5.08. The number of carboxylic acid groups (broad SMARTS) is 1. The van der Waals surface area contributed by atoms with Crippen molar-refractivity contribution in [1.82, 2.24) is 9.88 Å². The first-order chi connectivity index (χ1) is 14.4. The monoisotopic (exact) mass is 436 g/mol. The highest BCUT2D eigenvalue weighted by molar-refractivity contribution is 7.99. The van der Waals surface area contributed by atoms with Gasteiger partial charge in [0.05, 0.1) is 0 Å². The number of para-hydroxylation sites is 1. The standard InChI is InChI=1S/C20H22N2S.C2HF3O2/c1-2-6-16(7-3-1)23-15-14-22-19-9-5-4-8-17(19)18-10-12-21-13-11-20(18)22;3-2(4,5)1(6)7/h1-9,21H,10-15H2;(H,6,7). The third-order valence-corrected chi connectivity index (χ3v) is 5.85. The molecule has 30 heavy (non-hydrogen) atoms. The van der Waals surface area contributed by atoms with Gasteiger partial charge in [-0.3, -0.25) is 0 Å². The van der Waals surface area contributed by atoms with Crippen LogP contribution in [0.1, 0.15) is 11.3 Å². The summed E-state index contributed by atoms with van der Waals surface area (Å²) in [6.45, 7) is 3.27. The molecule has 1 aliphatic rings. The van der Waals surface area contributed by atoms with E-state index in [4.69, 9.17) is 9.90 Å². The SMILES string of the molecule is O=C(O)C(F)(F)F.c1ccc(SCCn2c3c(c4ccccc42)CCNCC3)cc1. The lowest BCUT2D eigenvalue weighted by atomic mass is 10.1. The molecule has 2 heterocycles. The largest absolute Gasteiger partial charge is 0.490 e. The number of fused-ring (bicyclic) bond motifs is 3. The number of nitrogens with zero attached hydrogens (tertiary/aromatic N) is 1. The molecule has 2 aromatic carbocycles. The number of carbonyl (C=O) groups is 1. The molecule has 0 saturated carbocycles. The maximum atomic E-state index is 10.6.